The van der Waals surface area contributed by atoms with Crippen molar-refractivity contribution in [2.45, 2.75) is 46.1 Å². The molecule has 0 aliphatic carbocycles. The molecular formula is C24H31N4O2+. The van der Waals surface area contributed by atoms with Gasteiger partial charge in [-0.05, 0) is 36.1 Å². The van der Waals surface area contributed by atoms with Gasteiger partial charge in [-0.2, -0.15) is 0 Å². The summed E-state index contributed by atoms with van der Waals surface area (Å²) in [6.07, 6.45) is 2.05. The maximum absolute atomic E-state index is 12.8. The number of aromatic nitrogens is 2. The number of nitrogens with one attached hydrogen (secondary N) is 3. The Balaban J connectivity index is 1.75. The molecule has 2 aromatic carbocycles. The average molecular weight is 408 g/mol. The Morgan fingerprint density at radius 3 is 2.63 bits per heavy atom. The van der Waals surface area contributed by atoms with Crippen LogP contribution in [0.15, 0.2) is 53.3 Å². The zero-order chi connectivity index (χ0) is 21.5. The number of nitrogens with zero attached hydrogens (tertiary/aromatic N) is 1. The monoisotopic (exact) mass is 407 g/mol. The molecule has 0 bridgehead atoms. The number of anilines is 1. The first-order valence-electron chi connectivity index (χ1n) is 10.7. The number of aromatic amines is 1. The molecule has 3 rings (SSSR count). The number of unbranched alkanes of at least 4 members (excludes halogenated alkanes) is 1. The van der Waals surface area contributed by atoms with Crippen LogP contribution in [0, 0.1) is 0 Å². The van der Waals surface area contributed by atoms with E-state index in [9.17, 15) is 9.59 Å². The minimum absolute atomic E-state index is 0.0302. The summed E-state index contributed by atoms with van der Waals surface area (Å²) in [5, 5.41) is 3.66. The molecule has 3 N–H and O–H groups in total. The highest BCUT2D eigenvalue weighted by molar-refractivity contribution is 5.92. The van der Waals surface area contributed by atoms with Gasteiger partial charge in [-0.25, -0.2) is 4.98 Å². The first-order valence-corrected chi connectivity index (χ1v) is 10.7. The van der Waals surface area contributed by atoms with Crippen molar-refractivity contribution in [1.82, 2.24) is 9.97 Å². The lowest BCUT2D eigenvalue weighted by atomic mass is 10.0. The van der Waals surface area contributed by atoms with Crippen molar-refractivity contribution in [2.75, 3.05) is 18.4 Å². The van der Waals surface area contributed by atoms with Crippen molar-refractivity contribution in [3.05, 3.63) is 70.3 Å². The molecule has 6 heteroatoms. The maximum atomic E-state index is 12.8. The highest BCUT2D eigenvalue weighted by Crippen LogP contribution is 2.23. The molecule has 158 valence electrons. The summed E-state index contributed by atoms with van der Waals surface area (Å²) in [5.41, 5.74) is 2.54. The Labute approximate surface area is 177 Å². The smallest absolute Gasteiger partial charge is 0.279 e. The maximum Gasteiger partial charge on any atom is 0.279 e. The third-order valence-corrected chi connectivity index (χ3v) is 5.23. The minimum Gasteiger partial charge on any atom is -0.321 e. The van der Waals surface area contributed by atoms with Crippen LogP contribution in [0.3, 0.4) is 0 Å². The van der Waals surface area contributed by atoms with Gasteiger partial charge < -0.3 is 15.2 Å². The molecule has 0 saturated carbocycles. The summed E-state index contributed by atoms with van der Waals surface area (Å²) in [7, 11) is 0. The summed E-state index contributed by atoms with van der Waals surface area (Å²) in [6, 6.07) is 15.2. The molecular weight excluding hydrogens is 376 g/mol. The summed E-state index contributed by atoms with van der Waals surface area (Å²) in [6.45, 7) is 8.03. The topological polar surface area (TPSA) is 79.3 Å². The third kappa shape index (κ3) is 5.54. The Hall–Kier alpha value is -2.99. The van der Waals surface area contributed by atoms with Gasteiger partial charge in [-0.15, -0.1) is 0 Å². The molecule has 0 aliphatic rings. The normalized spacial score (nSPS) is 12.3. The van der Waals surface area contributed by atoms with Gasteiger partial charge in [0.05, 0.1) is 17.4 Å². The van der Waals surface area contributed by atoms with Crippen LogP contribution in [-0.2, 0) is 11.3 Å². The molecule has 6 nitrogen and oxygen atoms in total. The predicted molar refractivity (Wildman–Crippen MR) is 121 cm³/mol. The van der Waals surface area contributed by atoms with Crippen molar-refractivity contribution < 1.29 is 9.69 Å². The second kappa shape index (κ2) is 10.2. The zero-order valence-corrected chi connectivity index (χ0v) is 18.0. The van der Waals surface area contributed by atoms with Crippen LogP contribution < -0.4 is 15.8 Å². The second-order valence-corrected chi connectivity index (χ2v) is 8.03. The molecule has 1 aromatic heterocycles. The van der Waals surface area contributed by atoms with E-state index >= 15 is 0 Å². The van der Waals surface area contributed by atoms with Crippen molar-refractivity contribution >= 4 is 22.5 Å². The van der Waals surface area contributed by atoms with Gasteiger partial charge in [-0.3, -0.25) is 9.59 Å². The van der Waals surface area contributed by atoms with Crippen molar-refractivity contribution in [3.63, 3.8) is 0 Å². The average Bonchev–Trinajstić information content (AvgIpc) is 2.72. The van der Waals surface area contributed by atoms with Crippen LogP contribution in [0.2, 0.25) is 0 Å². The van der Waals surface area contributed by atoms with Crippen LogP contribution in [-0.4, -0.2) is 29.0 Å². The Kier molecular flexibility index (Phi) is 7.36. The van der Waals surface area contributed by atoms with E-state index in [0.29, 0.717) is 35.7 Å². The number of fused-ring (bicyclic) bond motifs is 1. The van der Waals surface area contributed by atoms with Gasteiger partial charge in [0.2, 0.25) is 0 Å². The quantitative estimate of drug-likeness (QED) is 0.510. The highest BCUT2D eigenvalue weighted by atomic mass is 16.2. The number of amides is 1. The third-order valence-electron chi connectivity index (χ3n) is 5.23. The van der Waals surface area contributed by atoms with Gasteiger partial charge >= 0.3 is 0 Å². The first-order chi connectivity index (χ1) is 14.5. The summed E-state index contributed by atoms with van der Waals surface area (Å²) >= 11 is 0. The van der Waals surface area contributed by atoms with Crippen molar-refractivity contribution in [2.24, 2.45) is 0 Å². The lowest BCUT2D eigenvalue weighted by Crippen LogP contribution is -3.12. The van der Waals surface area contributed by atoms with Gasteiger partial charge in [-0.1, -0.05) is 57.5 Å². The Morgan fingerprint density at radius 1 is 1.13 bits per heavy atom. The molecule has 0 saturated heterocycles. The van der Waals surface area contributed by atoms with Crippen molar-refractivity contribution in [3.8, 4) is 0 Å². The number of quaternary nitrogens is 1. The van der Waals surface area contributed by atoms with Gasteiger partial charge in [0.1, 0.15) is 6.54 Å². The zero-order valence-electron chi connectivity index (χ0n) is 18.0. The molecule has 30 heavy (non-hydrogen) atoms. The fraction of sp³-hybridized carbons (Fsp3) is 0.375. The first kappa shape index (κ1) is 21.7. The van der Waals surface area contributed by atoms with E-state index in [2.05, 4.69) is 36.1 Å². The van der Waals surface area contributed by atoms with Crippen LogP contribution in [0.5, 0.6) is 0 Å². The molecule has 1 heterocycles. The van der Waals surface area contributed by atoms with Crippen LogP contribution in [0.4, 0.5) is 5.69 Å². The summed E-state index contributed by atoms with van der Waals surface area (Å²) < 4.78 is 0. The fourth-order valence-electron chi connectivity index (χ4n) is 3.66. The molecule has 1 atom stereocenters. The second-order valence-electron chi connectivity index (χ2n) is 8.03. The molecule has 1 amide bonds. The molecule has 3 aromatic rings. The Bertz CT molecular complexity index is 1060. The lowest BCUT2D eigenvalue weighted by Gasteiger charge is -2.19. The summed E-state index contributed by atoms with van der Waals surface area (Å²) in [4.78, 5) is 33.7. The van der Waals surface area contributed by atoms with E-state index in [-0.39, 0.29) is 11.5 Å². The summed E-state index contributed by atoms with van der Waals surface area (Å²) in [5.74, 6) is 0.912. The van der Waals surface area contributed by atoms with Crippen molar-refractivity contribution in [1.29, 1.82) is 0 Å². The van der Waals surface area contributed by atoms with Crippen LogP contribution in [0.1, 0.15) is 50.9 Å². The molecule has 0 aliphatic heterocycles. The molecule has 0 fully saturated rings. The number of carbonyl (C=O) groups is 1. The van der Waals surface area contributed by atoms with E-state index in [1.165, 1.54) is 0 Å². The number of benzene rings is 2. The van der Waals surface area contributed by atoms with E-state index < -0.39 is 0 Å². The lowest BCUT2D eigenvalue weighted by molar-refractivity contribution is -0.906. The minimum atomic E-state index is -0.138. The van der Waals surface area contributed by atoms with E-state index in [4.69, 9.17) is 0 Å². The molecule has 0 radical (unpaired) electrons. The number of H-pyrrole nitrogens is 1. The van der Waals surface area contributed by atoms with E-state index in [1.807, 2.05) is 42.5 Å². The SMILES string of the molecule is CCCC[NH+](CC(=O)Nc1ccccc1C(C)C)Cc1nc2ccccc2c(=O)[nH]1. The van der Waals surface area contributed by atoms with E-state index in [1.54, 1.807) is 6.07 Å². The number of carbonyl (C=O) groups excluding carboxylic acids is 1. The van der Waals surface area contributed by atoms with E-state index in [0.717, 1.165) is 35.5 Å². The van der Waals surface area contributed by atoms with Crippen LogP contribution in [0.25, 0.3) is 10.9 Å². The fourth-order valence-corrected chi connectivity index (χ4v) is 3.66. The number of hydrogen-bond donors (Lipinski definition) is 3. The predicted octanol–water partition coefficient (Wildman–Crippen LogP) is 2.87. The van der Waals surface area contributed by atoms with Gasteiger partial charge in [0, 0.05) is 5.69 Å². The van der Waals surface area contributed by atoms with Crippen LogP contribution >= 0.6 is 0 Å². The highest BCUT2D eigenvalue weighted by Gasteiger charge is 2.18. The molecule has 0 spiro atoms. The largest absolute Gasteiger partial charge is 0.321 e. The Morgan fingerprint density at radius 2 is 1.87 bits per heavy atom. The standard InChI is InChI=1S/C24H30N4O2/c1-4-5-14-28(15-22-25-21-13-9-7-11-19(21)24(30)27-22)16-23(29)26-20-12-8-6-10-18(20)17(2)3/h6-13,17H,4-5,14-16H2,1-3H3,(H,26,29)(H,25,27,30)/p+1. The molecule has 1 unspecified atom stereocenters. The number of hydrogen-bond acceptors (Lipinski definition) is 3. The number of para-hydroxylation sites is 2. The number of rotatable bonds is 9. The van der Waals surface area contributed by atoms with Gasteiger partial charge in [0.25, 0.3) is 11.5 Å². The van der Waals surface area contributed by atoms with Gasteiger partial charge in [0.15, 0.2) is 12.4 Å².